The molecule has 7 heteroatoms. The van der Waals surface area contributed by atoms with Crippen molar-refractivity contribution in [3.63, 3.8) is 0 Å². The van der Waals surface area contributed by atoms with E-state index in [1.54, 1.807) is 6.92 Å². The van der Waals surface area contributed by atoms with Gasteiger partial charge in [0.15, 0.2) is 5.13 Å². The zero-order valence-electron chi connectivity index (χ0n) is 12.8. The lowest BCUT2D eigenvalue weighted by molar-refractivity contribution is 0.168. The van der Waals surface area contributed by atoms with Crippen LogP contribution in [0.3, 0.4) is 0 Å². The predicted octanol–water partition coefficient (Wildman–Crippen LogP) is 3.41. The van der Waals surface area contributed by atoms with E-state index in [1.807, 2.05) is 12.1 Å². The zero-order valence-corrected chi connectivity index (χ0v) is 13.7. The van der Waals surface area contributed by atoms with Gasteiger partial charge in [-0.05, 0) is 24.6 Å². The number of anilines is 1. The van der Waals surface area contributed by atoms with Gasteiger partial charge in [-0.15, -0.1) is 0 Å². The van der Waals surface area contributed by atoms with Crippen LogP contribution in [0.2, 0.25) is 0 Å². The molecule has 1 aliphatic rings. The van der Waals surface area contributed by atoms with Gasteiger partial charge in [0.2, 0.25) is 0 Å². The molecule has 0 spiro atoms. The van der Waals surface area contributed by atoms with Crippen molar-refractivity contribution < 1.29 is 13.9 Å². The number of hydrogen-bond donors (Lipinski definition) is 1. The molecule has 1 N–H and O–H groups in total. The average molecular weight is 335 g/mol. The first-order valence-corrected chi connectivity index (χ1v) is 8.35. The second-order valence-corrected chi connectivity index (χ2v) is 6.41. The van der Waals surface area contributed by atoms with Gasteiger partial charge in [-0.25, -0.2) is 14.2 Å². The van der Waals surface area contributed by atoms with Crippen LogP contribution in [0.1, 0.15) is 23.1 Å². The fraction of sp³-hybridized carbons (Fsp3) is 0.375. The van der Waals surface area contributed by atoms with E-state index in [0.29, 0.717) is 11.7 Å². The Labute approximate surface area is 138 Å². The SMILES string of the molecule is CCOC(=O)Nc1nc2c(s1)CN(Cc1ccc(F)cc1)CC2. The van der Waals surface area contributed by atoms with Crippen LogP contribution in [0, 0.1) is 5.82 Å². The zero-order chi connectivity index (χ0) is 16.2. The molecular formula is C16H18FN3O2S. The quantitative estimate of drug-likeness (QED) is 0.930. The predicted molar refractivity (Wildman–Crippen MR) is 87.0 cm³/mol. The fourth-order valence-electron chi connectivity index (χ4n) is 2.54. The summed E-state index contributed by atoms with van der Waals surface area (Å²) in [6.07, 6.45) is 0.374. The second-order valence-electron chi connectivity index (χ2n) is 5.32. The molecule has 1 aromatic carbocycles. The number of ether oxygens (including phenoxy) is 1. The van der Waals surface area contributed by atoms with E-state index in [0.717, 1.165) is 42.2 Å². The van der Waals surface area contributed by atoms with Crippen LogP contribution in [-0.4, -0.2) is 29.1 Å². The summed E-state index contributed by atoms with van der Waals surface area (Å²) in [5.74, 6) is -0.216. The molecule has 0 radical (unpaired) electrons. The summed E-state index contributed by atoms with van der Waals surface area (Å²) in [5.41, 5.74) is 2.13. The number of carbonyl (C=O) groups is 1. The van der Waals surface area contributed by atoms with Crippen LogP contribution in [0.5, 0.6) is 0 Å². The molecule has 0 saturated heterocycles. The van der Waals surface area contributed by atoms with Gasteiger partial charge in [0.05, 0.1) is 12.3 Å². The molecule has 122 valence electrons. The standard InChI is InChI=1S/C16H18FN3O2S/c1-2-22-16(21)19-15-18-13-7-8-20(10-14(13)23-15)9-11-3-5-12(17)6-4-11/h3-6H,2,7-10H2,1H3,(H,18,19,21). The Hall–Kier alpha value is -1.99. The number of halogens is 1. The Bertz CT molecular complexity index is 687. The number of amides is 1. The third-order valence-corrected chi connectivity index (χ3v) is 4.61. The largest absolute Gasteiger partial charge is 0.450 e. The third kappa shape index (κ3) is 4.05. The van der Waals surface area contributed by atoms with Crippen molar-refractivity contribution in [2.24, 2.45) is 0 Å². The molecule has 3 rings (SSSR count). The minimum absolute atomic E-state index is 0.216. The van der Waals surface area contributed by atoms with Crippen molar-refractivity contribution in [1.29, 1.82) is 0 Å². The highest BCUT2D eigenvalue weighted by Gasteiger charge is 2.21. The number of thiazole rings is 1. The molecular weight excluding hydrogens is 317 g/mol. The first kappa shape index (κ1) is 15.9. The summed E-state index contributed by atoms with van der Waals surface area (Å²) in [5, 5.41) is 3.24. The molecule has 0 aliphatic carbocycles. The van der Waals surface area contributed by atoms with Crippen LogP contribution in [0.25, 0.3) is 0 Å². The van der Waals surface area contributed by atoms with E-state index < -0.39 is 6.09 Å². The molecule has 0 bridgehead atoms. The number of benzene rings is 1. The second kappa shape index (κ2) is 7.06. The highest BCUT2D eigenvalue weighted by Crippen LogP contribution is 2.29. The first-order valence-electron chi connectivity index (χ1n) is 7.53. The third-order valence-electron chi connectivity index (χ3n) is 3.61. The number of nitrogens with one attached hydrogen (secondary N) is 1. The minimum Gasteiger partial charge on any atom is -0.450 e. The van der Waals surface area contributed by atoms with Gasteiger partial charge in [-0.1, -0.05) is 23.5 Å². The maximum Gasteiger partial charge on any atom is 0.413 e. The lowest BCUT2D eigenvalue weighted by Crippen LogP contribution is -2.29. The topological polar surface area (TPSA) is 54.5 Å². The van der Waals surface area contributed by atoms with E-state index in [1.165, 1.54) is 23.5 Å². The normalized spacial score (nSPS) is 14.3. The Morgan fingerprint density at radius 1 is 1.43 bits per heavy atom. The molecule has 0 unspecified atom stereocenters. The summed E-state index contributed by atoms with van der Waals surface area (Å²) in [6.45, 7) is 4.56. The molecule has 1 aromatic heterocycles. The molecule has 0 saturated carbocycles. The van der Waals surface area contributed by atoms with E-state index in [2.05, 4.69) is 15.2 Å². The van der Waals surface area contributed by atoms with Crippen LogP contribution < -0.4 is 5.32 Å². The summed E-state index contributed by atoms with van der Waals surface area (Å²) in [7, 11) is 0. The molecule has 0 fully saturated rings. The van der Waals surface area contributed by atoms with Gasteiger partial charge in [0.25, 0.3) is 0 Å². The van der Waals surface area contributed by atoms with E-state index >= 15 is 0 Å². The number of fused-ring (bicyclic) bond motifs is 1. The van der Waals surface area contributed by atoms with Crippen molar-refractivity contribution in [3.05, 3.63) is 46.2 Å². The monoisotopic (exact) mass is 335 g/mol. The maximum atomic E-state index is 13.0. The average Bonchev–Trinajstić information content (AvgIpc) is 2.91. The summed E-state index contributed by atoms with van der Waals surface area (Å²) in [4.78, 5) is 19.4. The molecule has 0 atom stereocenters. The molecule has 2 aromatic rings. The van der Waals surface area contributed by atoms with Gasteiger partial charge in [0.1, 0.15) is 5.82 Å². The minimum atomic E-state index is -0.471. The van der Waals surface area contributed by atoms with E-state index in [4.69, 9.17) is 4.74 Å². The van der Waals surface area contributed by atoms with Gasteiger partial charge in [-0.2, -0.15) is 0 Å². The molecule has 5 nitrogen and oxygen atoms in total. The number of rotatable bonds is 4. The molecule has 2 heterocycles. The van der Waals surface area contributed by atoms with Crippen LogP contribution in [0.4, 0.5) is 14.3 Å². The highest BCUT2D eigenvalue weighted by atomic mass is 32.1. The Kier molecular flexibility index (Phi) is 4.88. The summed E-state index contributed by atoms with van der Waals surface area (Å²) < 4.78 is 17.8. The van der Waals surface area contributed by atoms with E-state index in [-0.39, 0.29) is 5.82 Å². The van der Waals surface area contributed by atoms with Crippen LogP contribution in [-0.2, 0) is 24.2 Å². The van der Waals surface area contributed by atoms with Crippen molar-refractivity contribution in [2.75, 3.05) is 18.5 Å². The Morgan fingerprint density at radius 3 is 2.96 bits per heavy atom. The van der Waals surface area contributed by atoms with Crippen LogP contribution in [0.15, 0.2) is 24.3 Å². The van der Waals surface area contributed by atoms with Crippen molar-refractivity contribution in [2.45, 2.75) is 26.4 Å². The first-order chi connectivity index (χ1) is 11.1. The fourth-order valence-corrected chi connectivity index (χ4v) is 3.58. The number of nitrogens with zero attached hydrogens (tertiary/aromatic N) is 2. The van der Waals surface area contributed by atoms with Crippen molar-refractivity contribution >= 4 is 22.6 Å². The number of carbonyl (C=O) groups excluding carboxylic acids is 1. The number of aromatic nitrogens is 1. The molecule has 1 aliphatic heterocycles. The van der Waals surface area contributed by atoms with Gasteiger partial charge < -0.3 is 4.74 Å². The van der Waals surface area contributed by atoms with Gasteiger partial charge >= 0.3 is 6.09 Å². The molecule has 23 heavy (non-hydrogen) atoms. The van der Waals surface area contributed by atoms with Crippen LogP contribution >= 0.6 is 11.3 Å². The highest BCUT2D eigenvalue weighted by molar-refractivity contribution is 7.15. The van der Waals surface area contributed by atoms with Gasteiger partial charge in [0, 0.05) is 30.9 Å². The van der Waals surface area contributed by atoms with Crippen molar-refractivity contribution in [3.8, 4) is 0 Å². The van der Waals surface area contributed by atoms with E-state index in [9.17, 15) is 9.18 Å². The van der Waals surface area contributed by atoms with Crippen molar-refractivity contribution in [1.82, 2.24) is 9.88 Å². The Balaban J connectivity index is 1.62. The summed E-state index contributed by atoms with van der Waals surface area (Å²) >= 11 is 1.48. The Morgan fingerprint density at radius 2 is 2.22 bits per heavy atom. The summed E-state index contributed by atoms with van der Waals surface area (Å²) in [6, 6.07) is 6.59. The molecule has 1 amide bonds. The maximum absolute atomic E-state index is 13.0. The number of hydrogen-bond acceptors (Lipinski definition) is 5. The smallest absolute Gasteiger partial charge is 0.413 e. The van der Waals surface area contributed by atoms with Gasteiger partial charge in [-0.3, -0.25) is 10.2 Å². The lowest BCUT2D eigenvalue weighted by atomic mass is 10.1. The lowest BCUT2D eigenvalue weighted by Gasteiger charge is -2.25.